The molecule has 1 amide bonds. The van der Waals surface area contributed by atoms with E-state index in [4.69, 9.17) is 11.5 Å². The predicted molar refractivity (Wildman–Crippen MR) is 105 cm³/mol. The van der Waals surface area contributed by atoms with Crippen LogP contribution in [0.1, 0.15) is 18.9 Å². The van der Waals surface area contributed by atoms with E-state index in [9.17, 15) is 4.79 Å². The number of hydrogen-bond donors (Lipinski definition) is 3. The van der Waals surface area contributed by atoms with Crippen molar-refractivity contribution in [3.63, 3.8) is 0 Å². The van der Waals surface area contributed by atoms with Gasteiger partial charge in [0.15, 0.2) is 0 Å². The van der Waals surface area contributed by atoms with Gasteiger partial charge in [-0.3, -0.25) is 14.8 Å². The number of carbonyl (C=O) groups is 1. The molecule has 138 valence electrons. The molecule has 0 unspecified atom stereocenters. The lowest BCUT2D eigenvalue weighted by molar-refractivity contribution is -0.128. The third kappa shape index (κ3) is 4.47. The lowest BCUT2D eigenvalue weighted by Crippen LogP contribution is -2.40. The number of nitrogens with one attached hydrogen (secondary N) is 1. The van der Waals surface area contributed by atoms with E-state index in [1.54, 1.807) is 37.5 Å². The second kappa shape index (κ2) is 8.80. The quantitative estimate of drug-likeness (QED) is 0.532. The number of allylic oxidation sites excluding steroid dienone is 1. The molecule has 0 fully saturated rings. The summed E-state index contributed by atoms with van der Waals surface area (Å²) in [6.45, 7) is 2.66. The number of nitrogens with zero attached hydrogens (tertiary/aromatic N) is 4. The Labute approximate surface area is 153 Å². The first kappa shape index (κ1) is 19.2. The van der Waals surface area contributed by atoms with E-state index in [-0.39, 0.29) is 5.91 Å². The number of rotatable bonds is 5. The van der Waals surface area contributed by atoms with Gasteiger partial charge in [0, 0.05) is 75.0 Å². The molecule has 0 radical (unpaired) electrons. The highest BCUT2D eigenvalue weighted by Gasteiger charge is 2.22. The van der Waals surface area contributed by atoms with Gasteiger partial charge >= 0.3 is 0 Å². The van der Waals surface area contributed by atoms with Crippen LogP contribution in [-0.2, 0) is 4.79 Å². The molecule has 8 heteroatoms. The topological polar surface area (TPSA) is 122 Å². The van der Waals surface area contributed by atoms with Gasteiger partial charge in [-0.1, -0.05) is 0 Å². The minimum atomic E-state index is 0.0192. The van der Waals surface area contributed by atoms with Gasteiger partial charge in [-0.25, -0.2) is 4.99 Å². The van der Waals surface area contributed by atoms with Gasteiger partial charge in [-0.2, -0.15) is 0 Å². The second-order valence-corrected chi connectivity index (χ2v) is 5.84. The molecule has 2 heterocycles. The van der Waals surface area contributed by atoms with Gasteiger partial charge in [-0.05, 0) is 6.07 Å². The zero-order valence-electron chi connectivity index (χ0n) is 15.4. The molecule has 26 heavy (non-hydrogen) atoms. The Bertz CT molecular complexity index is 792. The Morgan fingerprint density at radius 2 is 2.19 bits per heavy atom. The van der Waals surface area contributed by atoms with Crippen LogP contribution >= 0.6 is 0 Å². The van der Waals surface area contributed by atoms with E-state index in [2.05, 4.69) is 20.3 Å². The molecule has 0 spiro atoms. The highest BCUT2D eigenvalue weighted by molar-refractivity contribution is 6.09. The molecule has 1 aromatic rings. The molecule has 8 nitrogen and oxygen atoms in total. The number of hydrogen-bond acceptors (Lipinski definition) is 6. The van der Waals surface area contributed by atoms with Crippen LogP contribution in [0.3, 0.4) is 0 Å². The summed E-state index contributed by atoms with van der Waals surface area (Å²) in [6, 6.07) is 1.84. The van der Waals surface area contributed by atoms with Crippen LogP contribution in [0.5, 0.6) is 0 Å². The third-order valence-electron chi connectivity index (χ3n) is 4.16. The number of nitrogens with two attached hydrogens (primary N) is 2. The van der Waals surface area contributed by atoms with Crippen LogP contribution in [0, 0.1) is 0 Å². The van der Waals surface area contributed by atoms with Gasteiger partial charge in [-0.15, -0.1) is 0 Å². The van der Waals surface area contributed by atoms with Gasteiger partial charge in [0.2, 0.25) is 5.91 Å². The smallest absolute Gasteiger partial charge is 0.219 e. The molecule has 0 aliphatic carbocycles. The average Bonchev–Trinajstić information content (AvgIpc) is 2.65. The fraction of sp³-hybridized carbons (Fsp3) is 0.333. The molecule has 1 aliphatic rings. The standard InChI is InChI=1S/C18H25N7O/c1-12(26)25-5-4-17(22-3)16(11-25)18(20)24-15-6-13(9-23-10-15)14(7-19)8-21-2/h6-10,22H,4-5,11,19H2,1-3H3,(H2,20,24). The van der Waals surface area contributed by atoms with Crippen LogP contribution in [0.4, 0.5) is 5.69 Å². The van der Waals surface area contributed by atoms with Crippen LogP contribution in [0.15, 0.2) is 45.9 Å². The minimum absolute atomic E-state index is 0.0192. The lowest BCUT2D eigenvalue weighted by Gasteiger charge is -2.29. The Balaban J connectivity index is 2.36. The molecule has 2 rings (SSSR count). The molecule has 0 saturated heterocycles. The zero-order chi connectivity index (χ0) is 19.1. The molecule has 5 N–H and O–H groups in total. The third-order valence-corrected chi connectivity index (χ3v) is 4.16. The van der Waals surface area contributed by atoms with Crippen LogP contribution in [0.2, 0.25) is 0 Å². The maximum atomic E-state index is 11.7. The number of carbonyl (C=O) groups excluding carboxylic acids is 1. The second-order valence-electron chi connectivity index (χ2n) is 5.84. The summed E-state index contributed by atoms with van der Waals surface area (Å²) in [4.78, 5) is 26.1. The first-order valence-electron chi connectivity index (χ1n) is 8.29. The van der Waals surface area contributed by atoms with Crippen molar-refractivity contribution in [1.82, 2.24) is 15.2 Å². The molecular weight excluding hydrogens is 330 g/mol. The number of aromatic nitrogens is 1. The van der Waals surface area contributed by atoms with Crippen molar-refractivity contribution in [3.8, 4) is 0 Å². The summed E-state index contributed by atoms with van der Waals surface area (Å²) in [7, 11) is 3.52. The van der Waals surface area contributed by atoms with E-state index in [0.717, 1.165) is 22.4 Å². The Hall–Kier alpha value is -3.16. The largest absolute Gasteiger partial charge is 0.404 e. The molecule has 0 atom stereocenters. The van der Waals surface area contributed by atoms with Crippen LogP contribution < -0.4 is 16.8 Å². The van der Waals surface area contributed by atoms with Crippen molar-refractivity contribution >= 4 is 29.2 Å². The summed E-state index contributed by atoms with van der Waals surface area (Å²) >= 11 is 0. The van der Waals surface area contributed by atoms with Gasteiger partial charge < -0.3 is 21.7 Å². The lowest BCUT2D eigenvalue weighted by atomic mass is 10.0. The van der Waals surface area contributed by atoms with E-state index in [1.807, 2.05) is 13.1 Å². The first-order valence-corrected chi connectivity index (χ1v) is 8.29. The summed E-state index contributed by atoms with van der Waals surface area (Å²) in [5.74, 6) is 0.382. The number of pyridine rings is 1. The van der Waals surface area contributed by atoms with Gasteiger partial charge in [0.1, 0.15) is 5.84 Å². The van der Waals surface area contributed by atoms with Crippen molar-refractivity contribution in [2.45, 2.75) is 13.3 Å². The predicted octanol–water partition coefficient (Wildman–Crippen LogP) is 0.796. The van der Waals surface area contributed by atoms with E-state index in [0.29, 0.717) is 31.0 Å². The maximum Gasteiger partial charge on any atom is 0.219 e. The van der Waals surface area contributed by atoms with Crippen molar-refractivity contribution < 1.29 is 4.79 Å². The van der Waals surface area contributed by atoms with E-state index < -0.39 is 0 Å². The summed E-state index contributed by atoms with van der Waals surface area (Å²) in [5, 5.41) is 3.16. The van der Waals surface area contributed by atoms with Crippen LogP contribution in [0.25, 0.3) is 5.57 Å². The number of aliphatic imine (C=N–C) groups is 2. The Morgan fingerprint density at radius 1 is 1.42 bits per heavy atom. The highest BCUT2D eigenvalue weighted by atomic mass is 16.2. The Morgan fingerprint density at radius 3 is 2.81 bits per heavy atom. The number of amidine groups is 1. The average molecular weight is 355 g/mol. The van der Waals surface area contributed by atoms with Crippen molar-refractivity contribution in [1.29, 1.82) is 0 Å². The van der Waals surface area contributed by atoms with Crippen LogP contribution in [-0.4, -0.2) is 55.0 Å². The monoisotopic (exact) mass is 355 g/mol. The Kier molecular flexibility index (Phi) is 6.48. The molecular formula is C18H25N7O. The molecule has 1 aliphatic heterocycles. The van der Waals surface area contributed by atoms with E-state index >= 15 is 0 Å². The highest BCUT2D eigenvalue weighted by Crippen LogP contribution is 2.21. The first-order chi connectivity index (χ1) is 12.5. The van der Waals surface area contributed by atoms with E-state index in [1.165, 1.54) is 6.20 Å². The summed E-state index contributed by atoms with van der Waals surface area (Å²) in [5.41, 5.74) is 15.8. The van der Waals surface area contributed by atoms with Crippen molar-refractivity contribution in [3.05, 3.63) is 41.5 Å². The SMILES string of the molecule is CN=CC(=CN)c1cncc(N=C(N)C2=C(NC)CCN(C(C)=O)C2)c1. The molecule has 1 aromatic heterocycles. The minimum Gasteiger partial charge on any atom is -0.404 e. The summed E-state index contributed by atoms with van der Waals surface area (Å²) < 4.78 is 0. The summed E-state index contributed by atoms with van der Waals surface area (Å²) in [6.07, 6.45) is 7.15. The van der Waals surface area contributed by atoms with Crippen molar-refractivity contribution in [2.24, 2.45) is 21.5 Å². The fourth-order valence-corrected chi connectivity index (χ4v) is 2.75. The maximum absolute atomic E-state index is 11.7. The molecule has 0 bridgehead atoms. The number of amides is 1. The fourth-order valence-electron chi connectivity index (χ4n) is 2.75. The normalized spacial score (nSPS) is 16.3. The molecule has 0 saturated carbocycles. The van der Waals surface area contributed by atoms with Gasteiger partial charge in [0.25, 0.3) is 0 Å². The van der Waals surface area contributed by atoms with Gasteiger partial charge in [0.05, 0.1) is 18.4 Å². The van der Waals surface area contributed by atoms with Crippen molar-refractivity contribution in [2.75, 3.05) is 27.2 Å². The zero-order valence-corrected chi connectivity index (χ0v) is 15.4. The molecule has 0 aromatic carbocycles.